The van der Waals surface area contributed by atoms with Gasteiger partial charge in [-0.3, -0.25) is 14.1 Å². The van der Waals surface area contributed by atoms with E-state index in [-0.39, 0.29) is 24.2 Å². The van der Waals surface area contributed by atoms with Crippen molar-refractivity contribution in [2.24, 2.45) is 10.7 Å². The number of hydrogen-bond acceptors (Lipinski definition) is 7. The molecule has 2 aliphatic heterocycles. The standard InChI is InChI=1S/C25H20FN3O5S2.C7H7NO/c26-19-5-1-17(2-6-19)15-34-21-8-3-16(4-9-21)13-23-24(30)28-25(35-23)27-20-7-10-22-18(14-20)11-12-29(22)36(31,32)33;8-7(9)6-4-2-1-3-5-6/h1-10,13-14H,11-12,15H2,(H,27,28,30)(H,31,32,33);1-5H,(H2,8,9)/b23-13+;. The average Bonchev–Trinajstić information content (AvgIpc) is 3.61. The van der Waals surface area contributed by atoms with E-state index in [0.29, 0.717) is 45.8 Å². The number of anilines is 1. The molecule has 0 saturated carbocycles. The van der Waals surface area contributed by atoms with Gasteiger partial charge in [-0.1, -0.05) is 42.5 Å². The number of nitrogens with one attached hydrogen (secondary N) is 1. The molecule has 13 heteroatoms. The molecule has 4 aromatic carbocycles. The fraction of sp³-hybridized carbons (Fsp3) is 0.0938. The van der Waals surface area contributed by atoms with E-state index in [1.54, 1.807) is 72.8 Å². The van der Waals surface area contributed by atoms with Gasteiger partial charge in [0.2, 0.25) is 5.91 Å². The molecule has 2 heterocycles. The monoisotopic (exact) mass is 646 g/mol. The van der Waals surface area contributed by atoms with Crippen LogP contribution in [-0.2, 0) is 28.1 Å². The second-order valence-electron chi connectivity index (χ2n) is 9.81. The lowest BCUT2D eigenvalue weighted by Crippen LogP contribution is -2.27. The Morgan fingerprint density at radius 2 is 1.76 bits per heavy atom. The summed E-state index contributed by atoms with van der Waals surface area (Å²) in [4.78, 5) is 27.8. The SMILES string of the molecule is NC(=O)c1ccccc1.O=C1NC(=Nc2ccc3c(c2)CCN3S(=O)(=O)O)S/C1=C/c1ccc(OCc2ccc(F)cc2)cc1. The second kappa shape index (κ2) is 13.8. The third kappa shape index (κ3) is 8.35. The molecule has 2 aliphatic rings. The summed E-state index contributed by atoms with van der Waals surface area (Å²) in [5.41, 5.74) is 8.94. The van der Waals surface area contributed by atoms with E-state index < -0.39 is 10.3 Å². The number of nitrogens with two attached hydrogens (primary N) is 1. The van der Waals surface area contributed by atoms with Gasteiger partial charge in [-0.15, -0.1) is 0 Å². The first kappa shape index (κ1) is 31.4. The van der Waals surface area contributed by atoms with Crippen LogP contribution in [0.25, 0.3) is 6.08 Å². The number of hydrogen-bond donors (Lipinski definition) is 3. The lowest BCUT2D eigenvalue weighted by molar-refractivity contribution is -0.115. The summed E-state index contributed by atoms with van der Waals surface area (Å²) >= 11 is 1.20. The van der Waals surface area contributed by atoms with Gasteiger partial charge >= 0.3 is 10.3 Å². The van der Waals surface area contributed by atoms with Gasteiger partial charge in [0.15, 0.2) is 5.17 Å². The van der Waals surface area contributed by atoms with E-state index in [9.17, 15) is 27.0 Å². The van der Waals surface area contributed by atoms with E-state index in [1.807, 2.05) is 18.2 Å². The van der Waals surface area contributed by atoms with Crippen LogP contribution in [0.5, 0.6) is 5.75 Å². The molecule has 1 fully saturated rings. The van der Waals surface area contributed by atoms with Crippen LogP contribution in [-0.4, -0.2) is 36.5 Å². The van der Waals surface area contributed by atoms with Crippen LogP contribution in [0.15, 0.2) is 107 Å². The highest BCUT2D eigenvalue weighted by Gasteiger charge is 2.28. The number of aliphatic imine (C=N–C) groups is 1. The molecule has 6 rings (SSSR count). The molecule has 0 bridgehead atoms. The first-order chi connectivity index (χ1) is 21.5. The molecule has 0 atom stereocenters. The Hall–Kier alpha value is -4.98. The number of amidine groups is 1. The molecular formula is C32H27FN4O6S2. The smallest absolute Gasteiger partial charge is 0.359 e. The zero-order valence-corrected chi connectivity index (χ0v) is 25.2. The number of rotatable bonds is 7. The summed E-state index contributed by atoms with van der Waals surface area (Å²) in [6.45, 7) is 0.484. The minimum absolute atomic E-state index is 0.169. The van der Waals surface area contributed by atoms with Gasteiger partial charge in [-0.25, -0.2) is 13.7 Å². The van der Waals surface area contributed by atoms with Crippen molar-refractivity contribution >= 4 is 56.5 Å². The highest BCUT2D eigenvalue weighted by Crippen LogP contribution is 2.34. The molecule has 0 unspecified atom stereocenters. The molecule has 45 heavy (non-hydrogen) atoms. The molecular weight excluding hydrogens is 620 g/mol. The Morgan fingerprint density at radius 1 is 1.04 bits per heavy atom. The van der Waals surface area contributed by atoms with Crippen LogP contribution < -0.4 is 20.1 Å². The van der Waals surface area contributed by atoms with Crippen LogP contribution in [0, 0.1) is 5.82 Å². The van der Waals surface area contributed by atoms with E-state index in [0.717, 1.165) is 21.0 Å². The number of primary amides is 1. The molecule has 0 aromatic heterocycles. The van der Waals surface area contributed by atoms with Crippen molar-refractivity contribution in [2.45, 2.75) is 13.0 Å². The van der Waals surface area contributed by atoms with E-state index in [4.69, 9.17) is 10.5 Å². The van der Waals surface area contributed by atoms with Gasteiger partial charge in [0, 0.05) is 12.1 Å². The van der Waals surface area contributed by atoms with Gasteiger partial charge in [0.25, 0.3) is 5.91 Å². The summed E-state index contributed by atoms with van der Waals surface area (Å²) in [5.74, 6) is -0.293. The third-order valence-electron chi connectivity index (χ3n) is 6.63. The summed E-state index contributed by atoms with van der Waals surface area (Å²) < 4.78 is 52.0. The van der Waals surface area contributed by atoms with Crippen LogP contribution in [0.4, 0.5) is 15.8 Å². The van der Waals surface area contributed by atoms with Crippen LogP contribution in [0.3, 0.4) is 0 Å². The largest absolute Gasteiger partial charge is 0.489 e. The van der Waals surface area contributed by atoms with E-state index >= 15 is 0 Å². The lowest BCUT2D eigenvalue weighted by atomic mass is 10.1. The first-order valence-electron chi connectivity index (χ1n) is 13.5. The minimum atomic E-state index is -4.31. The Morgan fingerprint density at radius 3 is 2.40 bits per heavy atom. The maximum atomic E-state index is 13.0. The van der Waals surface area contributed by atoms with Crippen molar-refractivity contribution in [3.05, 3.63) is 130 Å². The normalized spacial score (nSPS) is 15.8. The lowest BCUT2D eigenvalue weighted by Gasteiger charge is -2.14. The molecule has 4 N–H and O–H groups in total. The molecule has 4 aromatic rings. The first-order valence-corrected chi connectivity index (χ1v) is 15.8. The second-order valence-corrected chi connectivity index (χ2v) is 12.2. The number of thioether (sulfide) groups is 1. The number of nitrogens with zero attached hydrogens (tertiary/aromatic N) is 2. The van der Waals surface area contributed by atoms with Crippen LogP contribution >= 0.6 is 11.8 Å². The molecule has 0 aliphatic carbocycles. The maximum absolute atomic E-state index is 13.0. The minimum Gasteiger partial charge on any atom is -0.489 e. The fourth-order valence-corrected chi connectivity index (χ4v) is 6.02. The van der Waals surface area contributed by atoms with E-state index in [2.05, 4.69) is 10.3 Å². The number of ether oxygens (including phenoxy) is 1. The Balaban J connectivity index is 0.000000383. The highest BCUT2D eigenvalue weighted by molar-refractivity contribution is 8.18. The Bertz CT molecular complexity index is 1880. The van der Waals surface area contributed by atoms with Gasteiger partial charge < -0.3 is 15.8 Å². The van der Waals surface area contributed by atoms with Gasteiger partial charge in [0.05, 0.1) is 16.3 Å². The zero-order chi connectivity index (χ0) is 32.0. The fourth-order valence-electron chi connectivity index (χ4n) is 4.43. The number of carbonyl (C=O) groups is 2. The Kier molecular flexibility index (Phi) is 9.62. The number of benzene rings is 4. The molecule has 0 radical (unpaired) electrons. The van der Waals surface area contributed by atoms with Gasteiger partial charge in [0.1, 0.15) is 18.2 Å². The van der Waals surface area contributed by atoms with Crippen molar-refractivity contribution in [1.29, 1.82) is 0 Å². The number of carbonyl (C=O) groups excluding carboxylic acids is 2. The average molecular weight is 647 g/mol. The molecule has 230 valence electrons. The van der Waals surface area contributed by atoms with Crippen molar-refractivity contribution in [3.8, 4) is 5.75 Å². The van der Waals surface area contributed by atoms with Crippen molar-refractivity contribution in [3.63, 3.8) is 0 Å². The van der Waals surface area contributed by atoms with Crippen LogP contribution in [0.2, 0.25) is 0 Å². The summed E-state index contributed by atoms with van der Waals surface area (Å²) in [7, 11) is -4.31. The van der Waals surface area contributed by atoms with E-state index in [1.165, 1.54) is 23.9 Å². The molecule has 2 amide bonds. The van der Waals surface area contributed by atoms with Crippen LogP contribution in [0.1, 0.15) is 27.0 Å². The van der Waals surface area contributed by atoms with Crippen molar-refractivity contribution in [2.75, 3.05) is 10.8 Å². The predicted octanol–water partition coefficient (Wildman–Crippen LogP) is 5.25. The van der Waals surface area contributed by atoms with Gasteiger partial charge in [-0.05, 0) is 95.5 Å². The number of halogens is 1. The topological polar surface area (TPSA) is 151 Å². The highest BCUT2D eigenvalue weighted by atomic mass is 32.2. The summed E-state index contributed by atoms with van der Waals surface area (Å²) in [6, 6.07) is 27.1. The van der Waals surface area contributed by atoms with Crippen molar-refractivity contribution < 1.29 is 31.7 Å². The van der Waals surface area contributed by atoms with Gasteiger partial charge in [-0.2, -0.15) is 8.42 Å². The third-order valence-corrected chi connectivity index (χ3v) is 8.48. The Labute approximate surface area is 263 Å². The molecule has 0 spiro atoms. The maximum Gasteiger partial charge on any atom is 0.359 e. The van der Waals surface area contributed by atoms with Crippen molar-refractivity contribution in [1.82, 2.24) is 5.32 Å². The summed E-state index contributed by atoms with van der Waals surface area (Å²) in [6.07, 6.45) is 2.21. The predicted molar refractivity (Wildman–Crippen MR) is 172 cm³/mol. The number of fused-ring (bicyclic) bond motifs is 1. The summed E-state index contributed by atoms with van der Waals surface area (Å²) in [5, 5.41) is 3.15. The number of amides is 2. The quantitative estimate of drug-likeness (QED) is 0.183. The molecule has 1 saturated heterocycles. The molecule has 10 nitrogen and oxygen atoms in total. The zero-order valence-electron chi connectivity index (χ0n) is 23.6.